The summed E-state index contributed by atoms with van der Waals surface area (Å²) >= 11 is 1.48. The number of methoxy groups -OCH3 is 1. The van der Waals surface area contributed by atoms with Crippen molar-refractivity contribution in [2.45, 2.75) is 31.5 Å². The summed E-state index contributed by atoms with van der Waals surface area (Å²) < 4.78 is 18.9. The lowest BCUT2D eigenvalue weighted by Gasteiger charge is -2.38. The Labute approximate surface area is 180 Å². The summed E-state index contributed by atoms with van der Waals surface area (Å²) in [6.45, 7) is 4.53. The molecule has 1 saturated carbocycles. The van der Waals surface area contributed by atoms with Gasteiger partial charge in [0.2, 0.25) is 0 Å². The van der Waals surface area contributed by atoms with Crippen molar-refractivity contribution in [3.63, 3.8) is 0 Å². The Morgan fingerprint density at radius 2 is 1.97 bits per heavy atom. The van der Waals surface area contributed by atoms with Crippen LogP contribution in [0.25, 0.3) is 5.57 Å². The van der Waals surface area contributed by atoms with Gasteiger partial charge in [0, 0.05) is 61.9 Å². The van der Waals surface area contributed by atoms with Crippen LogP contribution in [0, 0.1) is 5.82 Å². The van der Waals surface area contributed by atoms with Crippen molar-refractivity contribution in [3.05, 3.63) is 41.2 Å². The lowest BCUT2D eigenvalue weighted by atomic mass is 10.1. The van der Waals surface area contributed by atoms with Gasteiger partial charge in [-0.05, 0) is 25.0 Å². The molecule has 0 amide bonds. The first-order valence-corrected chi connectivity index (χ1v) is 11.4. The van der Waals surface area contributed by atoms with E-state index in [1.807, 2.05) is 11.6 Å². The number of allylic oxidation sites excluding steroid dienone is 1. The van der Waals surface area contributed by atoms with Crippen molar-refractivity contribution in [1.29, 1.82) is 0 Å². The fourth-order valence-corrected chi connectivity index (χ4v) is 4.86. The number of nitrogens with one attached hydrogen (secondary N) is 1. The Balaban J connectivity index is 1.20. The van der Waals surface area contributed by atoms with Crippen LogP contribution in [0.3, 0.4) is 0 Å². The van der Waals surface area contributed by atoms with Crippen molar-refractivity contribution in [3.8, 4) is 5.75 Å². The second-order valence-electron chi connectivity index (χ2n) is 7.96. The minimum atomic E-state index is -0.318. The lowest BCUT2D eigenvalue weighted by Crippen LogP contribution is -2.50. The van der Waals surface area contributed by atoms with E-state index in [1.54, 1.807) is 13.2 Å². The predicted molar refractivity (Wildman–Crippen MR) is 119 cm³/mol. The summed E-state index contributed by atoms with van der Waals surface area (Å²) in [4.78, 5) is 14.6. The molecule has 5 rings (SSSR count). The number of benzene rings is 1. The second kappa shape index (κ2) is 8.45. The van der Waals surface area contributed by atoms with E-state index in [2.05, 4.69) is 26.2 Å². The van der Waals surface area contributed by atoms with Gasteiger partial charge in [-0.2, -0.15) is 0 Å². The minimum Gasteiger partial charge on any atom is -0.495 e. The van der Waals surface area contributed by atoms with E-state index in [1.165, 1.54) is 36.3 Å². The first kappa shape index (κ1) is 19.7. The van der Waals surface area contributed by atoms with Gasteiger partial charge in [0.05, 0.1) is 18.5 Å². The van der Waals surface area contributed by atoms with Crippen molar-refractivity contribution < 1.29 is 9.13 Å². The van der Waals surface area contributed by atoms with Crippen LogP contribution < -0.4 is 10.1 Å². The topological polar surface area (TPSA) is 53.0 Å². The highest BCUT2D eigenvalue weighted by molar-refractivity contribution is 7.13. The largest absolute Gasteiger partial charge is 0.495 e. The molecule has 1 aliphatic carbocycles. The van der Waals surface area contributed by atoms with E-state index in [4.69, 9.17) is 9.73 Å². The van der Waals surface area contributed by atoms with Gasteiger partial charge in [-0.1, -0.05) is 6.08 Å². The van der Waals surface area contributed by atoms with Crippen LogP contribution >= 0.6 is 11.3 Å². The standard InChI is InChI=1S/C22H26FN5OS/c1-29-20-6-3-16(23)12-18(20)25-22-26-19(14-30-22)15-2-7-21(24-13-15)28-10-8-27(9-11-28)17-4-5-17/h2-3,6,12-14,17,21H,4-5,7-11H2,1H3,(H,25,26). The molecule has 1 aromatic heterocycles. The molecule has 2 aromatic rings. The third-order valence-electron chi connectivity index (χ3n) is 5.97. The van der Waals surface area contributed by atoms with E-state index in [0.29, 0.717) is 16.6 Å². The number of thiazole rings is 1. The minimum absolute atomic E-state index is 0.239. The predicted octanol–water partition coefficient (Wildman–Crippen LogP) is 4.00. The molecule has 1 N–H and O–H groups in total. The van der Waals surface area contributed by atoms with E-state index >= 15 is 0 Å². The summed E-state index contributed by atoms with van der Waals surface area (Å²) in [5, 5.41) is 5.86. The number of rotatable bonds is 6. The van der Waals surface area contributed by atoms with Crippen molar-refractivity contribution in [2.24, 2.45) is 4.99 Å². The van der Waals surface area contributed by atoms with Gasteiger partial charge in [-0.25, -0.2) is 9.37 Å². The smallest absolute Gasteiger partial charge is 0.187 e. The summed E-state index contributed by atoms with van der Waals surface area (Å²) in [6.07, 6.45) is 8.08. The Morgan fingerprint density at radius 1 is 1.17 bits per heavy atom. The van der Waals surface area contributed by atoms with Gasteiger partial charge >= 0.3 is 0 Å². The molecule has 3 aliphatic rings. The van der Waals surface area contributed by atoms with E-state index in [-0.39, 0.29) is 12.0 Å². The number of dihydropyridines is 1. The molecule has 1 unspecified atom stereocenters. The number of hydrogen-bond acceptors (Lipinski definition) is 7. The molecule has 158 valence electrons. The highest BCUT2D eigenvalue weighted by Crippen LogP contribution is 2.32. The first-order chi connectivity index (χ1) is 14.7. The van der Waals surface area contributed by atoms with Crippen LogP contribution in [-0.2, 0) is 0 Å². The highest BCUT2D eigenvalue weighted by Gasteiger charge is 2.32. The first-order valence-electron chi connectivity index (χ1n) is 10.5. The maximum Gasteiger partial charge on any atom is 0.187 e. The third kappa shape index (κ3) is 4.26. The van der Waals surface area contributed by atoms with Gasteiger partial charge < -0.3 is 10.1 Å². The van der Waals surface area contributed by atoms with Gasteiger partial charge in [0.15, 0.2) is 5.13 Å². The fraction of sp³-hybridized carbons (Fsp3) is 0.455. The number of hydrogen-bond donors (Lipinski definition) is 1. The van der Waals surface area contributed by atoms with Crippen LogP contribution in [0.4, 0.5) is 15.2 Å². The molecule has 8 heteroatoms. The van der Waals surface area contributed by atoms with Crippen LogP contribution in [0.15, 0.2) is 34.6 Å². The number of aliphatic imine (C=N–C) groups is 1. The molecule has 3 heterocycles. The van der Waals surface area contributed by atoms with Crippen molar-refractivity contribution >= 4 is 33.9 Å². The number of piperazine rings is 1. The maximum atomic E-state index is 13.6. The number of aromatic nitrogens is 1. The molecular formula is C22H26FN5OS. The van der Waals surface area contributed by atoms with E-state index < -0.39 is 0 Å². The van der Waals surface area contributed by atoms with Gasteiger partial charge in [0.25, 0.3) is 0 Å². The maximum absolute atomic E-state index is 13.6. The zero-order valence-corrected chi connectivity index (χ0v) is 17.9. The number of halogens is 1. The quantitative estimate of drug-likeness (QED) is 0.755. The molecule has 0 bridgehead atoms. The number of ether oxygens (including phenoxy) is 1. The lowest BCUT2D eigenvalue weighted by molar-refractivity contribution is 0.0950. The molecule has 0 spiro atoms. The monoisotopic (exact) mass is 427 g/mol. The van der Waals surface area contributed by atoms with Gasteiger partial charge in [-0.3, -0.25) is 14.8 Å². The zero-order valence-electron chi connectivity index (χ0n) is 17.1. The molecule has 2 fully saturated rings. The molecule has 1 saturated heterocycles. The van der Waals surface area contributed by atoms with Crippen LogP contribution in [0.5, 0.6) is 5.75 Å². The average molecular weight is 428 g/mol. The van der Waals surface area contributed by atoms with Crippen molar-refractivity contribution in [1.82, 2.24) is 14.8 Å². The summed E-state index contributed by atoms with van der Waals surface area (Å²) in [6, 6.07) is 5.25. The zero-order chi connectivity index (χ0) is 20.5. The molecule has 2 aliphatic heterocycles. The summed E-state index contributed by atoms with van der Waals surface area (Å²) in [5.41, 5.74) is 2.49. The molecule has 30 heavy (non-hydrogen) atoms. The molecule has 1 aromatic carbocycles. The SMILES string of the molecule is COc1ccc(F)cc1Nc1nc(C2=CCC(N3CCN(C4CC4)CC3)N=C2)cs1. The Bertz CT molecular complexity index is 962. The molecule has 1 atom stereocenters. The van der Waals surface area contributed by atoms with E-state index in [0.717, 1.165) is 49.9 Å². The van der Waals surface area contributed by atoms with Crippen molar-refractivity contribution in [2.75, 3.05) is 38.6 Å². The van der Waals surface area contributed by atoms with Crippen LogP contribution in [-0.4, -0.2) is 66.5 Å². The Kier molecular flexibility index (Phi) is 5.54. The molecule has 6 nitrogen and oxygen atoms in total. The third-order valence-corrected chi connectivity index (χ3v) is 6.73. The van der Waals surface area contributed by atoms with Gasteiger partial charge in [0.1, 0.15) is 17.7 Å². The fourth-order valence-electron chi connectivity index (χ4n) is 4.12. The normalized spacial score (nSPS) is 22.7. The molecule has 0 radical (unpaired) electrons. The Hall–Kier alpha value is -2.29. The highest BCUT2D eigenvalue weighted by atomic mass is 32.1. The van der Waals surface area contributed by atoms with Crippen LogP contribution in [0.2, 0.25) is 0 Å². The Morgan fingerprint density at radius 3 is 2.67 bits per heavy atom. The summed E-state index contributed by atoms with van der Waals surface area (Å²) in [5.74, 6) is 0.262. The molecular weight excluding hydrogens is 401 g/mol. The number of anilines is 2. The summed E-state index contributed by atoms with van der Waals surface area (Å²) in [7, 11) is 1.57. The van der Waals surface area contributed by atoms with Crippen LogP contribution in [0.1, 0.15) is 25.0 Å². The average Bonchev–Trinajstić information content (AvgIpc) is 3.53. The second-order valence-corrected chi connectivity index (χ2v) is 8.82. The van der Waals surface area contributed by atoms with E-state index in [9.17, 15) is 4.39 Å². The number of nitrogens with zero attached hydrogens (tertiary/aromatic N) is 4. The van der Waals surface area contributed by atoms with Gasteiger partial charge in [-0.15, -0.1) is 11.3 Å².